The fourth-order valence-electron chi connectivity index (χ4n) is 3.46. The van der Waals surface area contributed by atoms with Crippen molar-refractivity contribution in [3.05, 3.63) is 30.1 Å². The summed E-state index contributed by atoms with van der Waals surface area (Å²) in [7, 11) is 0. The van der Waals surface area contributed by atoms with Crippen LogP contribution in [0.4, 0.5) is 10.1 Å². The molecule has 0 aromatic heterocycles. The highest BCUT2D eigenvalue weighted by Crippen LogP contribution is 2.27. The molecule has 2 aliphatic heterocycles. The molecule has 25 heavy (non-hydrogen) atoms. The van der Waals surface area contributed by atoms with Crippen molar-refractivity contribution in [2.24, 2.45) is 5.92 Å². The van der Waals surface area contributed by atoms with Crippen LogP contribution in [0.3, 0.4) is 0 Å². The maximum Gasteiger partial charge on any atom is 0.239 e. The maximum atomic E-state index is 13.1. The first-order chi connectivity index (χ1) is 12.0. The molecule has 7 heteroatoms. The van der Waals surface area contributed by atoms with Crippen LogP contribution in [0, 0.1) is 11.7 Å². The third kappa shape index (κ3) is 3.65. The summed E-state index contributed by atoms with van der Waals surface area (Å²) in [6, 6.07) is 5.72. The standard InChI is InChI=1S/C18H22FN3O3/c1-13(23)20-8-2-9-21(12-11-20)17(24)16-7-10-22(18(16)25)15-5-3-14(19)4-6-15/h3-6,16H,2,7-12H2,1H3. The van der Waals surface area contributed by atoms with Crippen molar-refractivity contribution < 1.29 is 18.8 Å². The van der Waals surface area contributed by atoms with Gasteiger partial charge in [-0.25, -0.2) is 4.39 Å². The van der Waals surface area contributed by atoms with Gasteiger partial charge < -0.3 is 14.7 Å². The van der Waals surface area contributed by atoms with E-state index in [9.17, 15) is 18.8 Å². The summed E-state index contributed by atoms with van der Waals surface area (Å²) in [6.07, 6.45) is 1.18. The zero-order chi connectivity index (χ0) is 18.0. The van der Waals surface area contributed by atoms with Crippen LogP contribution in [0.25, 0.3) is 0 Å². The number of rotatable bonds is 2. The molecule has 1 atom stereocenters. The lowest BCUT2D eigenvalue weighted by atomic mass is 10.1. The van der Waals surface area contributed by atoms with Gasteiger partial charge in [0.15, 0.2) is 0 Å². The summed E-state index contributed by atoms with van der Waals surface area (Å²) >= 11 is 0. The monoisotopic (exact) mass is 347 g/mol. The van der Waals surface area contributed by atoms with Crippen LogP contribution in [0.2, 0.25) is 0 Å². The number of hydrogen-bond donors (Lipinski definition) is 0. The van der Waals surface area contributed by atoms with Crippen molar-refractivity contribution in [1.29, 1.82) is 0 Å². The van der Waals surface area contributed by atoms with E-state index < -0.39 is 5.92 Å². The Labute approximate surface area is 146 Å². The van der Waals surface area contributed by atoms with Gasteiger partial charge in [-0.05, 0) is 37.1 Å². The summed E-state index contributed by atoms with van der Waals surface area (Å²) in [6.45, 7) is 4.14. The molecule has 0 bridgehead atoms. The molecular formula is C18H22FN3O3. The van der Waals surface area contributed by atoms with Crippen molar-refractivity contribution in [3.8, 4) is 0 Å². The lowest BCUT2D eigenvalue weighted by molar-refractivity contribution is -0.140. The summed E-state index contributed by atoms with van der Waals surface area (Å²) in [5, 5.41) is 0. The molecule has 0 saturated carbocycles. The van der Waals surface area contributed by atoms with E-state index in [0.717, 1.165) is 0 Å². The molecule has 2 fully saturated rings. The number of benzene rings is 1. The van der Waals surface area contributed by atoms with E-state index in [4.69, 9.17) is 0 Å². The van der Waals surface area contributed by atoms with Gasteiger partial charge in [-0.15, -0.1) is 0 Å². The minimum Gasteiger partial charge on any atom is -0.341 e. The van der Waals surface area contributed by atoms with Crippen LogP contribution in [-0.4, -0.2) is 60.2 Å². The zero-order valence-corrected chi connectivity index (χ0v) is 14.3. The summed E-state index contributed by atoms with van der Waals surface area (Å²) in [5.74, 6) is -1.44. The van der Waals surface area contributed by atoms with Crippen LogP contribution in [-0.2, 0) is 14.4 Å². The molecule has 134 valence electrons. The average Bonchev–Trinajstić information content (AvgIpc) is 2.82. The molecule has 0 N–H and O–H groups in total. The highest BCUT2D eigenvalue weighted by Gasteiger charge is 2.40. The zero-order valence-electron chi connectivity index (χ0n) is 14.3. The van der Waals surface area contributed by atoms with Crippen molar-refractivity contribution in [3.63, 3.8) is 0 Å². The first kappa shape index (κ1) is 17.4. The van der Waals surface area contributed by atoms with Crippen LogP contribution >= 0.6 is 0 Å². The van der Waals surface area contributed by atoms with Gasteiger partial charge in [0.25, 0.3) is 0 Å². The van der Waals surface area contributed by atoms with Gasteiger partial charge in [0.1, 0.15) is 11.7 Å². The number of amides is 3. The second-order valence-corrected chi connectivity index (χ2v) is 6.49. The maximum absolute atomic E-state index is 13.1. The van der Waals surface area contributed by atoms with E-state index in [1.54, 1.807) is 26.8 Å². The summed E-state index contributed by atoms with van der Waals surface area (Å²) in [5.41, 5.74) is 0.611. The Bertz CT molecular complexity index is 677. The van der Waals surface area contributed by atoms with Gasteiger partial charge in [0, 0.05) is 45.3 Å². The Kier molecular flexibility index (Phi) is 5.01. The lowest BCUT2D eigenvalue weighted by Crippen LogP contribution is -2.42. The largest absolute Gasteiger partial charge is 0.341 e. The van der Waals surface area contributed by atoms with E-state index in [0.29, 0.717) is 51.3 Å². The smallest absolute Gasteiger partial charge is 0.239 e. The van der Waals surface area contributed by atoms with Gasteiger partial charge in [0.05, 0.1) is 0 Å². The Hall–Kier alpha value is -2.44. The number of carbonyl (C=O) groups excluding carboxylic acids is 3. The van der Waals surface area contributed by atoms with Gasteiger partial charge in [-0.3, -0.25) is 14.4 Å². The Morgan fingerprint density at radius 3 is 2.32 bits per heavy atom. The molecule has 1 unspecified atom stereocenters. The number of nitrogens with zero attached hydrogens (tertiary/aromatic N) is 3. The second-order valence-electron chi connectivity index (χ2n) is 6.49. The molecule has 2 aliphatic rings. The number of halogens is 1. The van der Waals surface area contributed by atoms with E-state index in [-0.39, 0.29) is 23.5 Å². The molecule has 3 rings (SSSR count). The Morgan fingerprint density at radius 1 is 1.00 bits per heavy atom. The molecule has 1 aromatic rings. The predicted octanol–water partition coefficient (Wildman–Crippen LogP) is 1.26. The lowest BCUT2D eigenvalue weighted by Gasteiger charge is -2.24. The quantitative estimate of drug-likeness (QED) is 0.757. The van der Waals surface area contributed by atoms with E-state index >= 15 is 0 Å². The van der Waals surface area contributed by atoms with Crippen LogP contribution in [0.5, 0.6) is 0 Å². The van der Waals surface area contributed by atoms with Gasteiger partial charge in [0.2, 0.25) is 17.7 Å². The first-order valence-corrected chi connectivity index (χ1v) is 8.58. The summed E-state index contributed by atoms with van der Waals surface area (Å²) < 4.78 is 13.1. The molecule has 3 amide bonds. The third-order valence-electron chi connectivity index (χ3n) is 4.89. The van der Waals surface area contributed by atoms with E-state index in [2.05, 4.69) is 0 Å². The average molecular weight is 347 g/mol. The van der Waals surface area contributed by atoms with Crippen LogP contribution < -0.4 is 4.90 Å². The van der Waals surface area contributed by atoms with Crippen LogP contribution in [0.1, 0.15) is 19.8 Å². The molecule has 2 saturated heterocycles. The summed E-state index contributed by atoms with van der Waals surface area (Å²) in [4.78, 5) is 41.9. The van der Waals surface area contributed by atoms with E-state index in [1.165, 1.54) is 19.1 Å². The van der Waals surface area contributed by atoms with Crippen LogP contribution in [0.15, 0.2) is 24.3 Å². The number of hydrogen-bond acceptors (Lipinski definition) is 3. The number of carbonyl (C=O) groups is 3. The van der Waals surface area contributed by atoms with Crippen molar-refractivity contribution in [2.45, 2.75) is 19.8 Å². The Morgan fingerprint density at radius 2 is 1.64 bits per heavy atom. The van der Waals surface area contributed by atoms with Crippen molar-refractivity contribution in [1.82, 2.24) is 9.80 Å². The van der Waals surface area contributed by atoms with Crippen molar-refractivity contribution in [2.75, 3.05) is 37.6 Å². The third-order valence-corrected chi connectivity index (χ3v) is 4.89. The molecular weight excluding hydrogens is 325 g/mol. The number of anilines is 1. The molecule has 0 aliphatic carbocycles. The molecule has 2 heterocycles. The molecule has 6 nitrogen and oxygen atoms in total. The fourth-order valence-corrected chi connectivity index (χ4v) is 3.46. The van der Waals surface area contributed by atoms with E-state index in [1.807, 2.05) is 0 Å². The predicted molar refractivity (Wildman–Crippen MR) is 90.3 cm³/mol. The first-order valence-electron chi connectivity index (χ1n) is 8.58. The topological polar surface area (TPSA) is 60.9 Å². The fraction of sp³-hybridized carbons (Fsp3) is 0.500. The Balaban J connectivity index is 1.66. The molecule has 0 radical (unpaired) electrons. The SMILES string of the molecule is CC(=O)N1CCCN(C(=O)C2CCN(c3ccc(F)cc3)C2=O)CC1. The van der Waals surface area contributed by atoms with Gasteiger partial charge in [-0.2, -0.15) is 0 Å². The normalized spacial score (nSPS) is 21.4. The highest BCUT2D eigenvalue weighted by atomic mass is 19.1. The van der Waals surface area contributed by atoms with Crippen molar-refractivity contribution >= 4 is 23.4 Å². The minimum atomic E-state index is -0.686. The molecule has 0 spiro atoms. The van der Waals surface area contributed by atoms with Gasteiger partial charge in [-0.1, -0.05) is 0 Å². The highest BCUT2D eigenvalue weighted by molar-refractivity contribution is 6.09. The second kappa shape index (κ2) is 7.21. The molecule has 1 aromatic carbocycles. The van der Waals surface area contributed by atoms with Gasteiger partial charge >= 0.3 is 0 Å². The minimum absolute atomic E-state index is 0.00808.